The Balaban J connectivity index is 1.77. The van der Waals surface area contributed by atoms with Crippen molar-refractivity contribution < 1.29 is 22.7 Å². The predicted octanol–water partition coefficient (Wildman–Crippen LogP) is 3.88. The summed E-state index contributed by atoms with van der Waals surface area (Å²) < 4.78 is 38.8. The van der Waals surface area contributed by atoms with Gasteiger partial charge in [-0.05, 0) is 48.4 Å². The van der Waals surface area contributed by atoms with Gasteiger partial charge in [-0.1, -0.05) is 42.0 Å². The van der Waals surface area contributed by atoms with E-state index in [1.54, 1.807) is 31.4 Å². The Kier molecular flexibility index (Phi) is 7.50. The van der Waals surface area contributed by atoms with Gasteiger partial charge in [-0.15, -0.1) is 0 Å². The van der Waals surface area contributed by atoms with Gasteiger partial charge in [-0.2, -0.15) is 0 Å². The average molecular weight is 455 g/mol. The van der Waals surface area contributed by atoms with Crippen molar-refractivity contribution in [2.24, 2.45) is 0 Å². The number of benzene rings is 3. The lowest BCUT2D eigenvalue weighted by molar-refractivity contribution is 0.0950. The number of amides is 1. The molecule has 0 radical (unpaired) electrons. The van der Waals surface area contributed by atoms with E-state index in [4.69, 9.17) is 9.47 Å². The molecule has 0 bridgehead atoms. The molecular formula is C24H26N2O5S. The fourth-order valence-electron chi connectivity index (χ4n) is 3.06. The Morgan fingerprint density at radius 2 is 1.56 bits per heavy atom. The summed E-state index contributed by atoms with van der Waals surface area (Å²) in [6, 6.07) is 18.9. The van der Waals surface area contributed by atoms with Gasteiger partial charge in [-0.25, -0.2) is 8.42 Å². The first-order chi connectivity index (χ1) is 15.3. The van der Waals surface area contributed by atoms with Gasteiger partial charge < -0.3 is 14.8 Å². The van der Waals surface area contributed by atoms with Crippen LogP contribution in [0.3, 0.4) is 0 Å². The number of aryl methyl sites for hydroxylation is 1. The van der Waals surface area contributed by atoms with Crippen LogP contribution < -0.4 is 14.8 Å². The van der Waals surface area contributed by atoms with Crippen LogP contribution in [0.4, 0.5) is 5.69 Å². The number of rotatable bonds is 9. The predicted molar refractivity (Wildman–Crippen MR) is 123 cm³/mol. The van der Waals surface area contributed by atoms with Crippen molar-refractivity contribution in [2.75, 3.05) is 18.9 Å². The van der Waals surface area contributed by atoms with Crippen LogP contribution in [0.25, 0.3) is 0 Å². The molecule has 2 N–H and O–H groups in total. The normalized spacial score (nSPS) is 11.1. The molecule has 0 spiro atoms. The zero-order chi connectivity index (χ0) is 23.1. The second-order valence-electron chi connectivity index (χ2n) is 7.27. The monoisotopic (exact) mass is 454 g/mol. The summed E-state index contributed by atoms with van der Waals surface area (Å²) in [5.74, 6) is -0.240. The lowest BCUT2D eigenvalue weighted by Crippen LogP contribution is -2.23. The molecule has 0 heterocycles. The van der Waals surface area contributed by atoms with E-state index >= 15 is 0 Å². The van der Waals surface area contributed by atoms with Crippen molar-refractivity contribution in [1.29, 1.82) is 0 Å². The standard InChI is InChI=1S/C24H26N2O5S/c1-17-4-11-21(12-5-17)26-32(28,29)23-14-20(10-13-22(23)31-3)24(27)25-15-18-6-8-19(9-7-18)16-30-2/h4-14,26H,15-16H2,1-3H3,(H,25,27). The van der Waals surface area contributed by atoms with Gasteiger partial charge in [0.05, 0.1) is 13.7 Å². The van der Waals surface area contributed by atoms with Crippen molar-refractivity contribution in [3.63, 3.8) is 0 Å². The number of sulfonamides is 1. The van der Waals surface area contributed by atoms with Crippen LogP contribution in [-0.2, 0) is 27.9 Å². The van der Waals surface area contributed by atoms with Gasteiger partial charge in [0.1, 0.15) is 10.6 Å². The van der Waals surface area contributed by atoms with E-state index in [-0.39, 0.29) is 22.1 Å². The SMILES string of the molecule is COCc1ccc(CNC(=O)c2ccc(OC)c(S(=O)(=O)Nc3ccc(C)cc3)c2)cc1. The Labute approximate surface area is 188 Å². The van der Waals surface area contributed by atoms with Crippen LogP contribution in [-0.4, -0.2) is 28.5 Å². The topological polar surface area (TPSA) is 93.7 Å². The highest BCUT2D eigenvalue weighted by Gasteiger charge is 2.22. The van der Waals surface area contributed by atoms with E-state index in [0.717, 1.165) is 16.7 Å². The van der Waals surface area contributed by atoms with Gasteiger partial charge in [0.2, 0.25) is 0 Å². The fraction of sp³-hybridized carbons (Fsp3) is 0.208. The van der Waals surface area contributed by atoms with Gasteiger partial charge >= 0.3 is 0 Å². The fourth-order valence-corrected chi connectivity index (χ4v) is 4.32. The summed E-state index contributed by atoms with van der Waals surface area (Å²) in [4.78, 5) is 12.6. The summed E-state index contributed by atoms with van der Waals surface area (Å²) >= 11 is 0. The van der Waals surface area contributed by atoms with Crippen molar-refractivity contribution in [3.05, 3.63) is 89.0 Å². The molecule has 0 aliphatic heterocycles. The number of ether oxygens (including phenoxy) is 2. The highest BCUT2D eigenvalue weighted by atomic mass is 32.2. The molecule has 168 valence electrons. The number of carbonyl (C=O) groups excluding carboxylic acids is 1. The van der Waals surface area contributed by atoms with Crippen LogP contribution in [0.2, 0.25) is 0 Å². The lowest BCUT2D eigenvalue weighted by Gasteiger charge is -2.13. The van der Waals surface area contributed by atoms with Crippen LogP contribution in [0, 0.1) is 6.92 Å². The zero-order valence-electron chi connectivity index (χ0n) is 18.2. The third kappa shape index (κ3) is 5.87. The lowest BCUT2D eigenvalue weighted by atomic mass is 10.1. The molecule has 0 unspecified atom stereocenters. The quantitative estimate of drug-likeness (QED) is 0.512. The summed E-state index contributed by atoms with van der Waals surface area (Å²) in [6.07, 6.45) is 0. The maximum Gasteiger partial charge on any atom is 0.265 e. The maximum absolute atomic E-state index is 13.0. The second-order valence-corrected chi connectivity index (χ2v) is 8.92. The van der Waals surface area contributed by atoms with E-state index in [1.807, 2.05) is 31.2 Å². The molecule has 32 heavy (non-hydrogen) atoms. The van der Waals surface area contributed by atoms with Crippen molar-refractivity contribution in [2.45, 2.75) is 25.0 Å². The molecular weight excluding hydrogens is 428 g/mol. The molecule has 1 amide bonds. The molecule has 0 aliphatic carbocycles. The van der Waals surface area contributed by atoms with Gasteiger partial charge in [-0.3, -0.25) is 9.52 Å². The first-order valence-corrected chi connectivity index (χ1v) is 11.4. The minimum absolute atomic E-state index is 0.114. The molecule has 3 aromatic rings. The molecule has 0 aliphatic rings. The average Bonchev–Trinajstić information content (AvgIpc) is 2.79. The van der Waals surface area contributed by atoms with E-state index in [0.29, 0.717) is 18.8 Å². The van der Waals surface area contributed by atoms with E-state index < -0.39 is 10.0 Å². The Morgan fingerprint density at radius 1 is 0.906 bits per heavy atom. The van der Waals surface area contributed by atoms with Crippen LogP contribution in [0.5, 0.6) is 5.75 Å². The summed E-state index contributed by atoms with van der Waals surface area (Å²) in [5, 5.41) is 2.81. The second kappa shape index (κ2) is 10.3. The molecule has 3 rings (SSSR count). The molecule has 0 saturated carbocycles. The molecule has 0 aromatic heterocycles. The smallest absolute Gasteiger partial charge is 0.265 e. The third-order valence-electron chi connectivity index (χ3n) is 4.81. The first kappa shape index (κ1) is 23.3. The number of anilines is 1. The number of hydrogen-bond donors (Lipinski definition) is 2. The number of carbonyl (C=O) groups is 1. The molecule has 7 nitrogen and oxygen atoms in total. The van der Waals surface area contributed by atoms with Crippen molar-refractivity contribution in [1.82, 2.24) is 5.32 Å². The molecule has 0 saturated heterocycles. The minimum Gasteiger partial charge on any atom is -0.495 e. The van der Waals surface area contributed by atoms with E-state index in [1.165, 1.54) is 25.3 Å². The van der Waals surface area contributed by atoms with Crippen LogP contribution >= 0.6 is 0 Å². The van der Waals surface area contributed by atoms with E-state index in [2.05, 4.69) is 10.0 Å². The minimum atomic E-state index is -3.97. The summed E-state index contributed by atoms with van der Waals surface area (Å²) in [5.41, 5.74) is 3.60. The maximum atomic E-state index is 13.0. The van der Waals surface area contributed by atoms with Crippen molar-refractivity contribution >= 4 is 21.6 Å². The Bertz CT molecular complexity index is 1170. The number of methoxy groups -OCH3 is 2. The van der Waals surface area contributed by atoms with Crippen molar-refractivity contribution in [3.8, 4) is 5.75 Å². The summed E-state index contributed by atoms with van der Waals surface area (Å²) in [6.45, 7) is 2.74. The highest BCUT2D eigenvalue weighted by Crippen LogP contribution is 2.27. The molecule has 0 atom stereocenters. The number of nitrogens with one attached hydrogen (secondary N) is 2. The Morgan fingerprint density at radius 3 is 2.19 bits per heavy atom. The highest BCUT2D eigenvalue weighted by molar-refractivity contribution is 7.92. The van der Waals surface area contributed by atoms with Gasteiger partial charge in [0.25, 0.3) is 15.9 Å². The van der Waals surface area contributed by atoms with Gasteiger partial charge in [0, 0.05) is 24.9 Å². The van der Waals surface area contributed by atoms with Gasteiger partial charge in [0.15, 0.2) is 0 Å². The molecule has 0 fully saturated rings. The van der Waals surface area contributed by atoms with E-state index in [9.17, 15) is 13.2 Å². The van der Waals surface area contributed by atoms with Crippen LogP contribution in [0.15, 0.2) is 71.6 Å². The third-order valence-corrected chi connectivity index (χ3v) is 6.21. The largest absolute Gasteiger partial charge is 0.495 e. The molecule has 8 heteroatoms. The van der Waals surface area contributed by atoms with Crippen LogP contribution in [0.1, 0.15) is 27.0 Å². The first-order valence-electron chi connectivity index (χ1n) is 9.95. The molecule has 3 aromatic carbocycles. The Hall–Kier alpha value is -3.36. The zero-order valence-corrected chi connectivity index (χ0v) is 19.0. The number of hydrogen-bond acceptors (Lipinski definition) is 5. The summed E-state index contributed by atoms with van der Waals surface area (Å²) in [7, 11) is -0.954.